The minimum absolute atomic E-state index is 0.0865. The fourth-order valence-electron chi connectivity index (χ4n) is 2.09. The molecule has 7 heteroatoms. The maximum Gasteiger partial charge on any atom is 0.231 e. The van der Waals surface area contributed by atoms with Gasteiger partial charge in [0, 0.05) is 6.20 Å². The lowest BCUT2D eigenvalue weighted by molar-refractivity contribution is -0.192. The molecule has 2 aromatic rings. The molecular weight excluding hydrogens is 248 g/mol. The van der Waals surface area contributed by atoms with Crippen LogP contribution in [0.15, 0.2) is 37.1 Å². The highest BCUT2D eigenvalue weighted by molar-refractivity contribution is 5.11. The van der Waals surface area contributed by atoms with E-state index in [1.165, 1.54) is 0 Å². The van der Waals surface area contributed by atoms with Gasteiger partial charge in [-0.1, -0.05) is 6.07 Å². The summed E-state index contributed by atoms with van der Waals surface area (Å²) >= 11 is 0. The number of aliphatic hydroxyl groups excluding tert-OH is 1. The average molecular weight is 262 g/mol. The van der Waals surface area contributed by atoms with Crippen molar-refractivity contribution in [1.82, 2.24) is 19.7 Å². The van der Waals surface area contributed by atoms with E-state index in [4.69, 9.17) is 9.47 Å². The van der Waals surface area contributed by atoms with Gasteiger partial charge in [-0.3, -0.25) is 4.98 Å². The first-order valence-electron chi connectivity index (χ1n) is 5.99. The predicted molar refractivity (Wildman–Crippen MR) is 63.8 cm³/mol. The number of aromatic nitrogens is 4. The van der Waals surface area contributed by atoms with Crippen molar-refractivity contribution in [2.24, 2.45) is 0 Å². The van der Waals surface area contributed by atoms with Gasteiger partial charge in [0.25, 0.3) is 0 Å². The van der Waals surface area contributed by atoms with E-state index in [1.807, 2.05) is 18.2 Å². The maximum atomic E-state index is 9.21. The van der Waals surface area contributed by atoms with Crippen molar-refractivity contribution < 1.29 is 14.6 Å². The Balaban J connectivity index is 1.92. The fraction of sp³-hybridized carbons (Fsp3) is 0.417. The van der Waals surface area contributed by atoms with Crippen LogP contribution in [0, 0.1) is 0 Å². The lowest BCUT2D eigenvalue weighted by atomic mass is 10.1. The molecule has 3 heterocycles. The number of rotatable bonds is 4. The van der Waals surface area contributed by atoms with Crippen molar-refractivity contribution in [3.8, 4) is 0 Å². The van der Waals surface area contributed by atoms with Crippen molar-refractivity contribution in [3.63, 3.8) is 0 Å². The van der Waals surface area contributed by atoms with Gasteiger partial charge in [0.2, 0.25) is 5.79 Å². The minimum atomic E-state index is -1.00. The zero-order valence-corrected chi connectivity index (χ0v) is 10.2. The molecule has 0 aliphatic carbocycles. The zero-order chi connectivity index (χ0) is 13.1. The van der Waals surface area contributed by atoms with E-state index < -0.39 is 5.79 Å². The SMILES string of the molecule is OC[C@@H]1CO[C@](Cn2cnnc2)(c2ccccn2)O1. The van der Waals surface area contributed by atoms with Crippen LogP contribution in [-0.4, -0.2) is 44.2 Å². The third-order valence-corrected chi connectivity index (χ3v) is 2.98. The summed E-state index contributed by atoms with van der Waals surface area (Å²) in [6, 6.07) is 5.54. The Hall–Kier alpha value is -1.83. The third-order valence-electron chi connectivity index (χ3n) is 2.98. The number of hydrogen-bond donors (Lipinski definition) is 1. The normalized spacial score (nSPS) is 26.7. The van der Waals surface area contributed by atoms with Crippen molar-refractivity contribution in [2.75, 3.05) is 13.2 Å². The molecule has 100 valence electrons. The molecule has 2 atom stereocenters. The molecule has 0 saturated carbocycles. The van der Waals surface area contributed by atoms with E-state index in [0.717, 1.165) is 0 Å². The molecule has 3 rings (SSSR count). The molecule has 1 aliphatic heterocycles. The van der Waals surface area contributed by atoms with Gasteiger partial charge in [0.15, 0.2) is 0 Å². The third kappa shape index (κ3) is 2.35. The lowest BCUT2D eigenvalue weighted by Crippen LogP contribution is -2.34. The molecule has 2 aromatic heterocycles. The summed E-state index contributed by atoms with van der Waals surface area (Å²) in [7, 11) is 0. The molecule has 1 fully saturated rings. The molecule has 1 N–H and O–H groups in total. The van der Waals surface area contributed by atoms with Crippen LogP contribution in [0.1, 0.15) is 5.69 Å². The lowest BCUT2D eigenvalue weighted by Gasteiger charge is -2.27. The van der Waals surface area contributed by atoms with Crippen molar-refractivity contribution >= 4 is 0 Å². The van der Waals surface area contributed by atoms with Crippen molar-refractivity contribution in [3.05, 3.63) is 42.7 Å². The summed E-state index contributed by atoms with van der Waals surface area (Å²) in [6.07, 6.45) is 4.51. The first-order valence-corrected chi connectivity index (χ1v) is 5.99. The Morgan fingerprint density at radius 2 is 2.21 bits per heavy atom. The minimum Gasteiger partial charge on any atom is -0.394 e. The van der Waals surface area contributed by atoms with E-state index in [2.05, 4.69) is 15.2 Å². The van der Waals surface area contributed by atoms with Gasteiger partial charge in [0.05, 0.1) is 19.8 Å². The summed E-state index contributed by atoms with van der Waals surface area (Å²) in [5.41, 5.74) is 0.666. The monoisotopic (exact) mass is 262 g/mol. The first-order chi connectivity index (χ1) is 9.32. The molecule has 19 heavy (non-hydrogen) atoms. The van der Waals surface area contributed by atoms with E-state index in [0.29, 0.717) is 18.8 Å². The van der Waals surface area contributed by atoms with Crippen LogP contribution in [0.5, 0.6) is 0 Å². The maximum absolute atomic E-state index is 9.21. The van der Waals surface area contributed by atoms with Gasteiger partial charge >= 0.3 is 0 Å². The van der Waals surface area contributed by atoms with Crippen LogP contribution in [-0.2, 0) is 21.8 Å². The van der Waals surface area contributed by atoms with E-state index in [-0.39, 0.29) is 12.7 Å². The van der Waals surface area contributed by atoms with Crippen LogP contribution in [0.2, 0.25) is 0 Å². The van der Waals surface area contributed by atoms with Crippen LogP contribution >= 0.6 is 0 Å². The standard InChI is InChI=1S/C12H14N4O3/c17-5-10-6-18-12(19-10,7-16-8-14-15-9-16)11-3-1-2-4-13-11/h1-4,8-10,17H,5-7H2/t10-,12+/m1/s1. The highest BCUT2D eigenvalue weighted by Crippen LogP contribution is 2.34. The fourth-order valence-corrected chi connectivity index (χ4v) is 2.09. The van der Waals surface area contributed by atoms with E-state index in [1.54, 1.807) is 23.4 Å². The molecule has 7 nitrogen and oxygen atoms in total. The van der Waals surface area contributed by atoms with Crippen LogP contribution in [0.3, 0.4) is 0 Å². The second kappa shape index (κ2) is 5.04. The summed E-state index contributed by atoms with van der Waals surface area (Å²) in [4.78, 5) is 4.30. The van der Waals surface area contributed by atoms with Crippen LogP contribution < -0.4 is 0 Å². The summed E-state index contributed by atoms with van der Waals surface area (Å²) < 4.78 is 13.4. The summed E-state index contributed by atoms with van der Waals surface area (Å²) in [5, 5.41) is 16.7. The van der Waals surface area contributed by atoms with Crippen molar-refractivity contribution in [1.29, 1.82) is 0 Å². The molecule has 0 unspecified atom stereocenters. The molecule has 0 aromatic carbocycles. The Morgan fingerprint density at radius 1 is 1.37 bits per heavy atom. The van der Waals surface area contributed by atoms with E-state index in [9.17, 15) is 5.11 Å². The van der Waals surface area contributed by atoms with Gasteiger partial charge in [0.1, 0.15) is 24.5 Å². The first kappa shape index (κ1) is 12.2. The quantitative estimate of drug-likeness (QED) is 0.830. The van der Waals surface area contributed by atoms with Crippen LogP contribution in [0.25, 0.3) is 0 Å². The molecule has 0 amide bonds. The highest BCUT2D eigenvalue weighted by Gasteiger charge is 2.44. The Kier molecular flexibility index (Phi) is 3.24. The number of nitrogens with zero attached hydrogens (tertiary/aromatic N) is 4. The average Bonchev–Trinajstić information content (AvgIpc) is 3.10. The number of ether oxygens (including phenoxy) is 2. The number of hydrogen-bond acceptors (Lipinski definition) is 6. The molecule has 1 saturated heterocycles. The molecule has 0 bridgehead atoms. The second-order valence-electron chi connectivity index (χ2n) is 4.34. The molecular formula is C12H14N4O3. The van der Waals surface area contributed by atoms with E-state index >= 15 is 0 Å². The van der Waals surface area contributed by atoms with Gasteiger partial charge in [-0.2, -0.15) is 0 Å². The largest absolute Gasteiger partial charge is 0.394 e. The van der Waals surface area contributed by atoms with Gasteiger partial charge < -0.3 is 19.1 Å². The predicted octanol–water partition coefficient (Wildman–Crippen LogP) is -0.0662. The number of aliphatic hydroxyl groups is 1. The smallest absolute Gasteiger partial charge is 0.231 e. The zero-order valence-electron chi connectivity index (χ0n) is 10.2. The van der Waals surface area contributed by atoms with Gasteiger partial charge in [-0.05, 0) is 12.1 Å². The summed E-state index contributed by atoms with van der Waals surface area (Å²) in [6.45, 7) is 0.624. The molecule has 1 aliphatic rings. The van der Waals surface area contributed by atoms with Crippen molar-refractivity contribution in [2.45, 2.75) is 18.4 Å². The second-order valence-corrected chi connectivity index (χ2v) is 4.34. The molecule has 0 spiro atoms. The molecule has 0 radical (unpaired) electrons. The Labute approximate surface area is 109 Å². The van der Waals surface area contributed by atoms with Gasteiger partial charge in [-0.15, -0.1) is 10.2 Å². The Bertz CT molecular complexity index is 519. The summed E-state index contributed by atoms with van der Waals surface area (Å²) in [5.74, 6) is -1.00. The topological polar surface area (TPSA) is 82.3 Å². The van der Waals surface area contributed by atoms with Gasteiger partial charge in [-0.25, -0.2) is 0 Å². The number of pyridine rings is 1. The van der Waals surface area contributed by atoms with Crippen LogP contribution in [0.4, 0.5) is 0 Å². The highest BCUT2D eigenvalue weighted by atomic mass is 16.7. The Morgan fingerprint density at radius 3 is 2.84 bits per heavy atom.